The van der Waals surface area contributed by atoms with E-state index < -0.39 is 34.6 Å². The van der Waals surface area contributed by atoms with Crippen molar-refractivity contribution in [1.29, 1.82) is 0 Å². The lowest BCUT2D eigenvalue weighted by atomic mass is 10.0. The van der Waals surface area contributed by atoms with Crippen molar-refractivity contribution < 1.29 is 26.4 Å². The summed E-state index contributed by atoms with van der Waals surface area (Å²) < 4.78 is 80.5. The van der Waals surface area contributed by atoms with Gasteiger partial charge in [-0.25, -0.2) is 22.0 Å². The Hall–Kier alpha value is -7.97. The Labute approximate surface area is 351 Å². The Balaban J connectivity index is 0.990. The van der Waals surface area contributed by atoms with Crippen LogP contribution in [-0.4, -0.2) is 4.57 Å². The zero-order valence-corrected chi connectivity index (χ0v) is 32.6. The van der Waals surface area contributed by atoms with Crippen LogP contribution in [0.5, 0.6) is 0 Å². The van der Waals surface area contributed by atoms with Crippen LogP contribution in [-0.2, 0) is 0 Å². The molecule has 0 amide bonds. The van der Waals surface area contributed by atoms with Gasteiger partial charge in [0.15, 0.2) is 23.3 Å². The van der Waals surface area contributed by atoms with Gasteiger partial charge in [-0.05, 0) is 107 Å². The standard InChI is InChI=1S/C54H31F5N2O/c55-50-49(51(56)53(58)54(59)52(50)57)34-18-26-40(27-19-34)60(39-24-16-33(17-25-39)36-21-29-44-43-11-5-7-13-47(43)62-48(44)31-36)38-22-14-32(15-23-38)35-20-28-42-41-10-4-6-12-45(41)61(46(42)30-35)37-8-2-1-3-9-37/h1-31H. The van der Waals surface area contributed by atoms with Crippen LogP contribution < -0.4 is 4.90 Å². The minimum absolute atomic E-state index is 0.156. The van der Waals surface area contributed by atoms with Crippen LogP contribution in [0, 0.1) is 29.1 Å². The van der Waals surface area contributed by atoms with E-state index in [4.69, 9.17) is 4.42 Å². The Bertz CT molecular complexity index is 3480. The summed E-state index contributed by atoms with van der Waals surface area (Å²) in [6.07, 6.45) is 0. The fraction of sp³-hybridized carbons (Fsp3) is 0. The molecule has 0 radical (unpaired) electrons. The Morgan fingerprint density at radius 3 is 1.42 bits per heavy atom. The molecule has 0 fully saturated rings. The van der Waals surface area contributed by atoms with Gasteiger partial charge >= 0.3 is 0 Å². The van der Waals surface area contributed by atoms with Crippen molar-refractivity contribution in [1.82, 2.24) is 4.57 Å². The van der Waals surface area contributed by atoms with Gasteiger partial charge in [0, 0.05) is 44.3 Å². The van der Waals surface area contributed by atoms with E-state index in [1.807, 2.05) is 108 Å². The van der Waals surface area contributed by atoms with Gasteiger partial charge in [-0.15, -0.1) is 0 Å². The number of rotatable bonds is 7. The summed E-state index contributed by atoms with van der Waals surface area (Å²) in [4.78, 5) is 1.97. The van der Waals surface area contributed by atoms with Crippen LogP contribution in [0.3, 0.4) is 0 Å². The van der Waals surface area contributed by atoms with Crippen molar-refractivity contribution in [2.75, 3.05) is 4.90 Å². The van der Waals surface area contributed by atoms with Crippen LogP contribution in [0.4, 0.5) is 39.0 Å². The van der Waals surface area contributed by atoms with Crippen molar-refractivity contribution in [3.8, 4) is 39.1 Å². The quantitative estimate of drug-likeness (QED) is 0.0907. The number of halogens is 5. The van der Waals surface area contributed by atoms with Gasteiger partial charge < -0.3 is 13.9 Å². The lowest BCUT2D eigenvalue weighted by Gasteiger charge is -2.26. The molecule has 2 heterocycles. The van der Waals surface area contributed by atoms with Crippen LogP contribution in [0.15, 0.2) is 192 Å². The summed E-state index contributed by atoms with van der Waals surface area (Å²) in [6.45, 7) is 0. The van der Waals surface area contributed by atoms with E-state index in [1.54, 1.807) is 12.1 Å². The highest BCUT2D eigenvalue weighted by atomic mass is 19.2. The molecule has 11 rings (SSSR count). The second-order valence-corrected chi connectivity index (χ2v) is 15.2. The fourth-order valence-electron chi connectivity index (χ4n) is 8.60. The molecule has 11 aromatic rings. The van der Waals surface area contributed by atoms with Gasteiger partial charge in [-0.1, -0.05) is 109 Å². The highest BCUT2D eigenvalue weighted by Crippen LogP contribution is 2.41. The van der Waals surface area contributed by atoms with Gasteiger partial charge in [0.2, 0.25) is 5.82 Å². The third-order valence-corrected chi connectivity index (χ3v) is 11.6. The highest BCUT2D eigenvalue weighted by molar-refractivity contribution is 6.10. The number of nitrogens with zero attached hydrogens (tertiary/aromatic N) is 2. The summed E-state index contributed by atoms with van der Waals surface area (Å²) in [5.41, 5.74) is 9.77. The van der Waals surface area contributed by atoms with Crippen LogP contribution >= 0.6 is 0 Å². The summed E-state index contributed by atoms with van der Waals surface area (Å²) in [5, 5.41) is 4.39. The molecule has 2 aromatic heterocycles. The number of anilines is 3. The predicted octanol–water partition coefficient (Wildman–Crippen LogP) is 15.8. The SMILES string of the molecule is Fc1c(F)c(F)c(-c2ccc(N(c3ccc(-c4ccc5c(c4)oc4ccccc45)cc3)c3ccc(-c4ccc5c6ccccc6n(-c6ccccc6)c5c4)cc3)cc2)c(F)c1F. The first-order valence-electron chi connectivity index (χ1n) is 20.0. The van der Waals surface area contributed by atoms with Crippen molar-refractivity contribution >= 4 is 60.8 Å². The van der Waals surface area contributed by atoms with E-state index in [-0.39, 0.29) is 5.56 Å². The number of hydrogen-bond acceptors (Lipinski definition) is 2. The monoisotopic (exact) mass is 818 g/mol. The van der Waals surface area contributed by atoms with Crippen molar-refractivity contribution in [2.45, 2.75) is 0 Å². The molecular weight excluding hydrogens is 788 g/mol. The van der Waals surface area contributed by atoms with Crippen LogP contribution in [0.25, 0.3) is 82.8 Å². The van der Waals surface area contributed by atoms with Gasteiger partial charge in [-0.3, -0.25) is 0 Å². The molecule has 298 valence electrons. The second-order valence-electron chi connectivity index (χ2n) is 15.2. The number of fused-ring (bicyclic) bond motifs is 6. The maximum absolute atomic E-state index is 14.9. The average Bonchev–Trinajstić information content (AvgIpc) is 3.86. The zero-order valence-electron chi connectivity index (χ0n) is 32.6. The first kappa shape index (κ1) is 37.1. The molecule has 0 N–H and O–H groups in total. The van der Waals surface area contributed by atoms with Gasteiger partial charge in [0.25, 0.3) is 0 Å². The summed E-state index contributed by atoms with van der Waals surface area (Å²) in [5.74, 6) is -9.97. The zero-order chi connectivity index (χ0) is 42.1. The lowest BCUT2D eigenvalue weighted by molar-refractivity contribution is 0.381. The third kappa shape index (κ3) is 6.02. The Morgan fingerprint density at radius 2 is 0.790 bits per heavy atom. The van der Waals surface area contributed by atoms with E-state index in [2.05, 4.69) is 65.2 Å². The molecule has 8 heteroatoms. The minimum atomic E-state index is -2.20. The number of para-hydroxylation sites is 3. The van der Waals surface area contributed by atoms with Crippen molar-refractivity contribution in [2.24, 2.45) is 0 Å². The van der Waals surface area contributed by atoms with E-state index in [1.165, 1.54) is 12.1 Å². The topological polar surface area (TPSA) is 21.3 Å². The molecule has 0 unspecified atom stereocenters. The highest BCUT2D eigenvalue weighted by Gasteiger charge is 2.27. The smallest absolute Gasteiger partial charge is 0.200 e. The molecular formula is C54H31F5N2O. The summed E-state index contributed by atoms with van der Waals surface area (Å²) in [7, 11) is 0. The maximum atomic E-state index is 14.9. The second kappa shape index (κ2) is 14.6. The van der Waals surface area contributed by atoms with E-state index in [0.29, 0.717) is 5.69 Å². The lowest BCUT2D eigenvalue weighted by Crippen LogP contribution is -2.10. The van der Waals surface area contributed by atoms with E-state index in [0.717, 1.165) is 83.1 Å². The van der Waals surface area contributed by atoms with Crippen molar-refractivity contribution in [3.63, 3.8) is 0 Å². The molecule has 9 aromatic carbocycles. The molecule has 0 atom stereocenters. The average molecular weight is 819 g/mol. The molecule has 0 bridgehead atoms. The molecule has 0 aliphatic carbocycles. The van der Waals surface area contributed by atoms with E-state index in [9.17, 15) is 22.0 Å². The summed E-state index contributed by atoms with van der Waals surface area (Å²) in [6, 6.07) is 61.1. The molecule has 3 nitrogen and oxygen atoms in total. The molecule has 0 aliphatic rings. The molecule has 0 aliphatic heterocycles. The Kier molecular flexibility index (Phi) is 8.75. The van der Waals surface area contributed by atoms with Crippen LogP contribution in [0.1, 0.15) is 0 Å². The molecule has 0 spiro atoms. The van der Waals surface area contributed by atoms with Gasteiger partial charge in [0.05, 0.1) is 16.6 Å². The van der Waals surface area contributed by atoms with Crippen molar-refractivity contribution in [3.05, 3.63) is 217 Å². The molecule has 0 saturated carbocycles. The number of hydrogen-bond donors (Lipinski definition) is 0. The van der Waals surface area contributed by atoms with Gasteiger partial charge in [-0.2, -0.15) is 0 Å². The Morgan fingerprint density at radius 1 is 0.339 bits per heavy atom. The minimum Gasteiger partial charge on any atom is -0.456 e. The third-order valence-electron chi connectivity index (χ3n) is 11.6. The predicted molar refractivity (Wildman–Crippen MR) is 239 cm³/mol. The van der Waals surface area contributed by atoms with Gasteiger partial charge in [0.1, 0.15) is 11.2 Å². The largest absolute Gasteiger partial charge is 0.456 e. The number of furan rings is 1. The summed E-state index contributed by atoms with van der Waals surface area (Å²) >= 11 is 0. The molecule has 0 saturated heterocycles. The first-order chi connectivity index (χ1) is 30.3. The first-order valence-corrected chi connectivity index (χ1v) is 20.0. The fourth-order valence-corrected chi connectivity index (χ4v) is 8.60. The van der Waals surface area contributed by atoms with Crippen LogP contribution in [0.2, 0.25) is 0 Å². The molecule has 62 heavy (non-hydrogen) atoms. The van der Waals surface area contributed by atoms with E-state index >= 15 is 0 Å². The normalized spacial score (nSPS) is 11.6. The number of aromatic nitrogens is 1. The number of benzene rings is 9. The maximum Gasteiger partial charge on any atom is 0.200 e.